The maximum absolute atomic E-state index is 13.2. The number of rotatable bonds is 6. The fraction of sp³-hybridized carbons (Fsp3) is 0.469. The first-order chi connectivity index (χ1) is 19.3. The van der Waals surface area contributed by atoms with E-state index in [4.69, 9.17) is 23.2 Å². The molecule has 1 aliphatic heterocycles. The Morgan fingerprint density at radius 1 is 1.00 bits per heavy atom. The molecule has 2 aliphatic carbocycles. The minimum absolute atomic E-state index is 0.0666. The number of carbonyl (C=O) groups excluding carboxylic acids is 1. The first-order valence-electron chi connectivity index (χ1n) is 14.5. The number of urea groups is 1. The zero-order chi connectivity index (χ0) is 28.0. The Morgan fingerprint density at radius 3 is 2.48 bits per heavy atom. The van der Waals surface area contributed by atoms with E-state index in [9.17, 15) is 4.79 Å². The summed E-state index contributed by atoms with van der Waals surface area (Å²) in [6.07, 6.45) is 8.14. The third-order valence-electron chi connectivity index (χ3n) is 9.06. The molecule has 2 atom stereocenters. The first kappa shape index (κ1) is 27.5. The molecular weight excluding hydrogens is 541 g/mol. The number of piperidine rings is 1. The maximum atomic E-state index is 13.2. The van der Waals surface area contributed by atoms with Crippen molar-refractivity contribution in [2.24, 2.45) is 0 Å². The van der Waals surface area contributed by atoms with Crippen LogP contribution in [-0.4, -0.2) is 52.0 Å². The van der Waals surface area contributed by atoms with E-state index in [1.807, 2.05) is 37.9 Å². The van der Waals surface area contributed by atoms with Crippen LogP contribution in [0.1, 0.15) is 85.0 Å². The smallest absolute Gasteiger partial charge is 0.317 e. The van der Waals surface area contributed by atoms with Crippen molar-refractivity contribution < 1.29 is 4.79 Å². The van der Waals surface area contributed by atoms with Gasteiger partial charge in [-0.1, -0.05) is 47.5 Å². The van der Waals surface area contributed by atoms with Crippen LogP contribution in [0.3, 0.4) is 0 Å². The summed E-state index contributed by atoms with van der Waals surface area (Å²) in [6.45, 7) is 5.94. The van der Waals surface area contributed by atoms with Gasteiger partial charge in [0.15, 0.2) is 0 Å². The number of carbonyl (C=O) groups is 1. The molecule has 1 saturated heterocycles. The quantitative estimate of drug-likeness (QED) is 0.329. The number of nitrogens with zero attached hydrogens (tertiary/aromatic N) is 4. The SMILES string of the molecule is Cc1cc(-c2ccc3c(c2)CCC3N2CCC(N(C)C(=O)N[C@@H](C)c3ccc(C4CC4)c(Cl)c3Cl)CC2)ncn1. The van der Waals surface area contributed by atoms with Crippen molar-refractivity contribution in [2.45, 2.75) is 76.4 Å². The molecule has 1 unspecified atom stereocenters. The molecule has 1 saturated carbocycles. The highest BCUT2D eigenvalue weighted by Gasteiger charge is 2.33. The lowest BCUT2D eigenvalue weighted by Gasteiger charge is -2.40. The lowest BCUT2D eigenvalue weighted by Crippen LogP contribution is -2.49. The number of halogens is 2. The first-order valence-corrected chi connectivity index (χ1v) is 15.2. The van der Waals surface area contributed by atoms with Gasteiger partial charge in [-0.15, -0.1) is 0 Å². The van der Waals surface area contributed by atoms with Crippen molar-refractivity contribution in [1.82, 2.24) is 25.1 Å². The summed E-state index contributed by atoms with van der Waals surface area (Å²) in [5, 5.41) is 4.35. The largest absolute Gasteiger partial charge is 0.331 e. The molecule has 2 fully saturated rings. The molecular formula is C32H37Cl2N5O. The van der Waals surface area contributed by atoms with Crippen molar-refractivity contribution in [3.8, 4) is 11.3 Å². The molecule has 1 aromatic heterocycles. The molecule has 210 valence electrons. The number of amides is 2. The average molecular weight is 579 g/mol. The van der Waals surface area contributed by atoms with Crippen molar-refractivity contribution in [1.29, 1.82) is 0 Å². The van der Waals surface area contributed by atoms with Gasteiger partial charge in [0.1, 0.15) is 6.33 Å². The molecule has 2 amide bonds. The number of aromatic nitrogens is 2. The topological polar surface area (TPSA) is 61.4 Å². The minimum atomic E-state index is -0.223. The number of likely N-dealkylation sites (tertiary alicyclic amines) is 1. The van der Waals surface area contributed by atoms with Crippen molar-refractivity contribution in [3.63, 3.8) is 0 Å². The van der Waals surface area contributed by atoms with Crippen LogP contribution >= 0.6 is 23.2 Å². The highest BCUT2D eigenvalue weighted by Crippen LogP contribution is 2.46. The summed E-state index contributed by atoms with van der Waals surface area (Å²) in [6, 6.07) is 13.3. The Kier molecular flexibility index (Phi) is 7.77. The fourth-order valence-electron chi connectivity index (χ4n) is 6.48. The van der Waals surface area contributed by atoms with Gasteiger partial charge >= 0.3 is 6.03 Å². The van der Waals surface area contributed by atoms with Gasteiger partial charge in [-0.2, -0.15) is 0 Å². The van der Waals surface area contributed by atoms with E-state index < -0.39 is 0 Å². The molecule has 0 radical (unpaired) electrons. The molecule has 0 bridgehead atoms. The summed E-state index contributed by atoms with van der Waals surface area (Å²) in [5.41, 5.74) is 7.99. The van der Waals surface area contributed by atoms with Gasteiger partial charge < -0.3 is 10.2 Å². The molecule has 0 spiro atoms. The predicted octanol–water partition coefficient (Wildman–Crippen LogP) is 7.49. The van der Waals surface area contributed by atoms with E-state index in [0.717, 1.165) is 66.9 Å². The zero-order valence-electron chi connectivity index (χ0n) is 23.5. The van der Waals surface area contributed by atoms with Crippen LogP contribution < -0.4 is 5.32 Å². The third kappa shape index (κ3) is 5.46. The highest BCUT2D eigenvalue weighted by atomic mass is 35.5. The van der Waals surface area contributed by atoms with Crippen molar-refractivity contribution in [2.75, 3.05) is 20.1 Å². The number of fused-ring (bicyclic) bond motifs is 1. The molecule has 6 rings (SSSR count). The van der Waals surface area contributed by atoms with E-state index in [-0.39, 0.29) is 18.1 Å². The second kappa shape index (κ2) is 11.3. The predicted molar refractivity (Wildman–Crippen MR) is 161 cm³/mol. The van der Waals surface area contributed by atoms with Gasteiger partial charge in [-0.05, 0) is 92.7 Å². The van der Waals surface area contributed by atoms with E-state index in [1.54, 1.807) is 6.33 Å². The fourth-order valence-corrected chi connectivity index (χ4v) is 7.15. The molecule has 3 aliphatic rings. The summed E-state index contributed by atoms with van der Waals surface area (Å²) >= 11 is 13.2. The Hall–Kier alpha value is -2.67. The number of nitrogens with one attached hydrogen (secondary N) is 1. The van der Waals surface area contributed by atoms with Crippen LogP contribution in [-0.2, 0) is 6.42 Å². The van der Waals surface area contributed by atoms with Gasteiger partial charge in [0.2, 0.25) is 0 Å². The number of aryl methyl sites for hydroxylation is 2. The van der Waals surface area contributed by atoms with Gasteiger partial charge in [-0.25, -0.2) is 14.8 Å². The molecule has 3 aromatic rings. The van der Waals surface area contributed by atoms with Crippen LogP contribution in [0.2, 0.25) is 10.0 Å². The Balaban J connectivity index is 1.05. The van der Waals surface area contributed by atoms with Gasteiger partial charge in [0.25, 0.3) is 0 Å². The summed E-state index contributed by atoms with van der Waals surface area (Å²) in [7, 11) is 1.91. The van der Waals surface area contributed by atoms with E-state index in [2.05, 4.69) is 44.5 Å². The Labute approximate surface area is 247 Å². The highest BCUT2D eigenvalue weighted by molar-refractivity contribution is 6.43. The summed E-state index contributed by atoms with van der Waals surface area (Å²) in [4.78, 5) is 26.4. The van der Waals surface area contributed by atoms with E-state index in [0.29, 0.717) is 22.0 Å². The second-order valence-electron chi connectivity index (χ2n) is 11.7. The monoisotopic (exact) mass is 577 g/mol. The standard InChI is InChI=1S/C32H37Cl2N5O/c1-19-16-28(36-18-35-19)23-6-8-26-22(17-23)7-11-29(26)39-14-12-24(13-15-39)38(3)32(40)37-20(2)25-9-10-27(21-4-5-21)31(34)30(25)33/h6,8-10,16-18,20-21,24,29H,4-5,7,11-15H2,1-3H3,(H,37,40)/t20-,29?/m0/s1. The second-order valence-corrected chi connectivity index (χ2v) is 12.5. The van der Waals surface area contributed by atoms with Gasteiger partial charge in [0, 0.05) is 43.5 Å². The normalized spacial score (nSPS) is 20.3. The van der Waals surface area contributed by atoms with Crippen molar-refractivity contribution >= 4 is 29.2 Å². The van der Waals surface area contributed by atoms with Crippen LogP contribution in [0.5, 0.6) is 0 Å². The molecule has 2 aromatic carbocycles. The molecule has 1 N–H and O–H groups in total. The summed E-state index contributed by atoms with van der Waals surface area (Å²) < 4.78 is 0. The van der Waals surface area contributed by atoms with Gasteiger partial charge in [-0.3, -0.25) is 4.90 Å². The van der Waals surface area contributed by atoms with Crippen LogP contribution in [0.15, 0.2) is 42.7 Å². The molecule has 2 heterocycles. The Morgan fingerprint density at radius 2 is 1.75 bits per heavy atom. The maximum Gasteiger partial charge on any atom is 0.317 e. The average Bonchev–Trinajstić information content (AvgIpc) is 3.72. The van der Waals surface area contributed by atoms with E-state index >= 15 is 0 Å². The number of benzene rings is 2. The number of hydrogen-bond donors (Lipinski definition) is 1. The minimum Gasteiger partial charge on any atom is -0.331 e. The lowest BCUT2D eigenvalue weighted by atomic mass is 9.98. The van der Waals surface area contributed by atoms with Crippen LogP contribution in [0.4, 0.5) is 4.79 Å². The molecule has 6 nitrogen and oxygen atoms in total. The zero-order valence-corrected chi connectivity index (χ0v) is 25.0. The molecule has 40 heavy (non-hydrogen) atoms. The van der Waals surface area contributed by atoms with Crippen LogP contribution in [0, 0.1) is 6.92 Å². The number of hydrogen-bond acceptors (Lipinski definition) is 4. The van der Waals surface area contributed by atoms with Crippen molar-refractivity contribution in [3.05, 3.63) is 80.7 Å². The third-order valence-corrected chi connectivity index (χ3v) is 9.97. The van der Waals surface area contributed by atoms with Crippen LogP contribution in [0.25, 0.3) is 11.3 Å². The van der Waals surface area contributed by atoms with E-state index in [1.165, 1.54) is 24.0 Å². The summed E-state index contributed by atoms with van der Waals surface area (Å²) in [5.74, 6) is 0.532. The Bertz CT molecular complexity index is 1420. The van der Waals surface area contributed by atoms with Gasteiger partial charge in [0.05, 0.1) is 21.8 Å². The lowest BCUT2D eigenvalue weighted by molar-refractivity contribution is 0.105. The molecule has 8 heteroatoms.